The molecule has 2 aliphatic rings. The van der Waals surface area contributed by atoms with Gasteiger partial charge in [0.15, 0.2) is 18.1 Å². The van der Waals surface area contributed by atoms with E-state index in [1.54, 1.807) is 18.2 Å². The number of hydrogen-bond acceptors (Lipinski definition) is 6. The Balaban J connectivity index is 1.33. The lowest BCUT2D eigenvalue weighted by molar-refractivity contribution is -0.286. The van der Waals surface area contributed by atoms with Crippen molar-refractivity contribution >= 4 is 23.6 Å². The Morgan fingerprint density at radius 1 is 1.07 bits per heavy atom. The van der Waals surface area contributed by atoms with Gasteiger partial charge in [0.25, 0.3) is 5.91 Å². The van der Waals surface area contributed by atoms with Gasteiger partial charge in [0.1, 0.15) is 12.4 Å². The molecule has 0 bridgehead atoms. The van der Waals surface area contributed by atoms with Gasteiger partial charge in [-0.05, 0) is 24.3 Å². The van der Waals surface area contributed by atoms with Gasteiger partial charge < -0.3 is 24.3 Å². The third-order valence-corrected chi connectivity index (χ3v) is 3.91. The molecule has 0 aliphatic carbocycles. The lowest BCUT2D eigenvalue weighted by atomic mass is 10.1. The summed E-state index contributed by atoms with van der Waals surface area (Å²) in [5, 5.41) is 2.43. The van der Waals surface area contributed by atoms with Gasteiger partial charge in [-0.15, -0.1) is 8.78 Å². The summed E-state index contributed by atoms with van der Waals surface area (Å²) in [6.07, 6.45) is -2.11. The highest BCUT2D eigenvalue weighted by Gasteiger charge is 2.43. The molecule has 2 aliphatic heterocycles. The highest BCUT2D eigenvalue weighted by atomic mass is 19.3. The van der Waals surface area contributed by atoms with E-state index in [0.29, 0.717) is 5.75 Å². The van der Waals surface area contributed by atoms with Crippen molar-refractivity contribution in [2.75, 3.05) is 18.5 Å². The van der Waals surface area contributed by atoms with Crippen molar-refractivity contribution < 1.29 is 37.3 Å². The molecule has 2 heterocycles. The Morgan fingerprint density at radius 2 is 1.86 bits per heavy atom. The molecule has 2 aromatic carbocycles. The highest BCUT2D eigenvalue weighted by molar-refractivity contribution is 5.98. The van der Waals surface area contributed by atoms with E-state index in [1.165, 1.54) is 18.2 Å². The van der Waals surface area contributed by atoms with E-state index >= 15 is 0 Å². The van der Waals surface area contributed by atoms with Crippen LogP contribution in [-0.2, 0) is 14.3 Å². The number of benzene rings is 2. The Kier molecular flexibility index (Phi) is 4.34. The molecule has 9 heteroatoms. The fourth-order valence-corrected chi connectivity index (χ4v) is 2.68. The molecule has 0 saturated heterocycles. The molecule has 1 N–H and O–H groups in total. The number of alkyl halides is 2. The number of halogens is 2. The number of anilines is 1. The third kappa shape index (κ3) is 3.73. The average molecular weight is 389 g/mol. The summed E-state index contributed by atoms with van der Waals surface area (Å²) in [6.45, 7) is -0.518. The number of nitrogens with one attached hydrogen (secondary N) is 1. The number of amides is 1. The van der Waals surface area contributed by atoms with Crippen LogP contribution in [0.1, 0.15) is 5.56 Å². The summed E-state index contributed by atoms with van der Waals surface area (Å²) in [6, 6.07) is 11.0. The third-order valence-electron chi connectivity index (χ3n) is 3.91. The van der Waals surface area contributed by atoms with Crippen LogP contribution in [0.25, 0.3) is 6.08 Å². The number of rotatable bonds is 4. The molecule has 0 radical (unpaired) electrons. The molecule has 0 aromatic heterocycles. The first-order valence-electron chi connectivity index (χ1n) is 8.19. The maximum absolute atomic E-state index is 13.0. The summed E-state index contributed by atoms with van der Waals surface area (Å²) < 4.78 is 45.0. The van der Waals surface area contributed by atoms with Crippen molar-refractivity contribution in [2.45, 2.75) is 6.29 Å². The van der Waals surface area contributed by atoms with Crippen LogP contribution in [-0.4, -0.2) is 31.4 Å². The minimum atomic E-state index is -3.74. The number of esters is 1. The van der Waals surface area contributed by atoms with Gasteiger partial charge in [-0.2, -0.15) is 0 Å². The molecular formula is C19H13F2NO6. The van der Waals surface area contributed by atoms with Crippen molar-refractivity contribution in [2.24, 2.45) is 0 Å². The topological polar surface area (TPSA) is 83.1 Å². The summed E-state index contributed by atoms with van der Waals surface area (Å²) >= 11 is 0. The Bertz CT molecular complexity index is 988. The first-order chi connectivity index (χ1) is 13.4. The zero-order chi connectivity index (χ0) is 19.7. The number of hydrogen-bond donors (Lipinski definition) is 1. The SMILES string of the molecule is O=C(COC(=O)C1=Cc2ccccc2OC1)Nc1ccc2c(c1)OC(F)(F)O2. The van der Waals surface area contributed by atoms with E-state index in [9.17, 15) is 18.4 Å². The Hall–Kier alpha value is -3.62. The number of ether oxygens (including phenoxy) is 4. The fraction of sp³-hybridized carbons (Fsp3) is 0.158. The number of carbonyl (C=O) groups excluding carboxylic acids is 2. The molecule has 2 aromatic rings. The molecule has 0 atom stereocenters. The van der Waals surface area contributed by atoms with Gasteiger partial charge in [0, 0.05) is 17.3 Å². The smallest absolute Gasteiger partial charge is 0.488 e. The molecule has 7 nitrogen and oxygen atoms in total. The first-order valence-corrected chi connectivity index (χ1v) is 8.19. The van der Waals surface area contributed by atoms with E-state index < -0.39 is 24.8 Å². The zero-order valence-corrected chi connectivity index (χ0v) is 14.2. The number of carbonyl (C=O) groups is 2. The van der Waals surface area contributed by atoms with Crippen LogP contribution < -0.4 is 19.5 Å². The molecular weight excluding hydrogens is 376 g/mol. The van der Waals surface area contributed by atoms with Crippen LogP contribution in [0.3, 0.4) is 0 Å². The van der Waals surface area contributed by atoms with E-state index in [0.717, 1.165) is 5.56 Å². The van der Waals surface area contributed by atoms with Crippen molar-refractivity contribution in [3.63, 3.8) is 0 Å². The summed E-state index contributed by atoms with van der Waals surface area (Å²) in [7, 11) is 0. The van der Waals surface area contributed by atoms with Crippen LogP contribution in [0.5, 0.6) is 17.2 Å². The zero-order valence-electron chi connectivity index (χ0n) is 14.2. The van der Waals surface area contributed by atoms with Crippen LogP contribution in [0, 0.1) is 0 Å². The lowest BCUT2D eigenvalue weighted by Gasteiger charge is -2.16. The van der Waals surface area contributed by atoms with Crippen molar-refractivity contribution in [3.05, 3.63) is 53.6 Å². The van der Waals surface area contributed by atoms with E-state index in [1.807, 2.05) is 12.1 Å². The second-order valence-electron chi connectivity index (χ2n) is 5.95. The minimum Gasteiger partial charge on any atom is -0.488 e. The fourth-order valence-electron chi connectivity index (χ4n) is 2.68. The van der Waals surface area contributed by atoms with Gasteiger partial charge in [-0.1, -0.05) is 18.2 Å². The monoisotopic (exact) mass is 389 g/mol. The predicted octanol–water partition coefficient (Wildman–Crippen LogP) is 2.97. The minimum absolute atomic E-state index is 0.0356. The summed E-state index contributed by atoms with van der Waals surface area (Å²) in [5.41, 5.74) is 1.20. The Morgan fingerprint density at radius 3 is 2.71 bits per heavy atom. The molecule has 144 valence electrons. The van der Waals surface area contributed by atoms with Gasteiger partial charge in [-0.3, -0.25) is 4.79 Å². The quantitative estimate of drug-likeness (QED) is 0.810. The molecule has 0 fully saturated rings. The maximum atomic E-state index is 13.0. The normalized spacial score (nSPS) is 15.7. The lowest BCUT2D eigenvalue weighted by Crippen LogP contribution is -2.26. The highest BCUT2D eigenvalue weighted by Crippen LogP contribution is 2.42. The van der Waals surface area contributed by atoms with Crippen LogP contribution in [0.4, 0.5) is 14.5 Å². The summed E-state index contributed by atoms with van der Waals surface area (Å²) in [5.74, 6) is -1.02. The molecule has 0 spiro atoms. The molecule has 4 rings (SSSR count). The largest absolute Gasteiger partial charge is 0.586 e. The van der Waals surface area contributed by atoms with Gasteiger partial charge >= 0.3 is 12.3 Å². The molecule has 0 saturated carbocycles. The van der Waals surface area contributed by atoms with E-state index in [4.69, 9.17) is 9.47 Å². The maximum Gasteiger partial charge on any atom is 0.586 e. The van der Waals surface area contributed by atoms with Gasteiger partial charge in [0.2, 0.25) is 0 Å². The van der Waals surface area contributed by atoms with Gasteiger partial charge in [0.05, 0.1) is 5.57 Å². The van der Waals surface area contributed by atoms with Crippen molar-refractivity contribution in [3.8, 4) is 17.2 Å². The first kappa shape index (κ1) is 17.8. The number of para-hydroxylation sites is 1. The molecule has 0 unspecified atom stereocenters. The van der Waals surface area contributed by atoms with E-state index in [-0.39, 0.29) is 29.4 Å². The second-order valence-corrected chi connectivity index (χ2v) is 5.95. The summed E-state index contributed by atoms with van der Waals surface area (Å²) in [4.78, 5) is 24.1. The van der Waals surface area contributed by atoms with Crippen LogP contribution in [0.15, 0.2) is 48.0 Å². The van der Waals surface area contributed by atoms with Crippen LogP contribution >= 0.6 is 0 Å². The predicted molar refractivity (Wildman–Crippen MR) is 92.1 cm³/mol. The average Bonchev–Trinajstić information content (AvgIpc) is 2.98. The molecule has 28 heavy (non-hydrogen) atoms. The number of fused-ring (bicyclic) bond motifs is 2. The second kappa shape index (κ2) is 6.84. The van der Waals surface area contributed by atoms with E-state index in [2.05, 4.69) is 14.8 Å². The van der Waals surface area contributed by atoms with Crippen molar-refractivity contribution in [1.29, 1.82) is 0 Å². The van der Waals surface area contributed by atoms with Gasteiger partial charge in [-0.25, -0.2) is 4.79 Å². The molecule has 1 amide bonds. The standard InChI is InChI=1S/C19H13F2NO6/c20-19(21)27-15-6-5-13(8-16(15)28-19)22-17(23)10-26-18(24)12-7-11-3-1-2-4-14(11)25-9-12/h1-8H,9-10H2,(H,22,23). The van der Waals surface area contributed by atoms with Crippen LogP contribution in [0.2, 0.25) is 0 Å². The Labute approximate surface area is 157 Å². The van der Waals surface area contributed by atoms with Crippen molar-refractivity contribution in [1.82, 2.24) is 0 Å².